The maximum absolute atomic E-state index is 13.5. The van der Waals surface area contributed by atoms with Gasteiger partial charge in [0.15, 0.2) is 0 Å². The highest BCUT2D eigenvalue weighted by Gasteiger charge is 2.35. The molecule has 2 heterocycles. The number of imide groups is 2. The standard InChI is InChI=1S/C20H12N2O6S/c23-17-9-10-18(24)21(17)13-5-1-3-7-15(13)29(27,28)16-8-4-2-6-14(16)22-19(25)11-12-20(22)26/h1-12H. The molecule has 0 fully saturated rings. The van der Waals surface area contributed by atoms with Crippen LogP contribution in [0.3, 0.4) is 0 Å². The first kappa shape index (κ1) is 18.5. The van der Waals surface area contributed by atoms with Gasteiger partial charge in [-0.1, -0.05) is 24.3 Å². The quantitative estimate of drug-likeness (QED) is 0.707. The van der Waals surface area contributed by atoms with Crippen LogP contribution in [0.25, 0.3) is 0 Å². The Balaban J connectivity index is 1.89. The van der Waals surface area contributed by atoms with Crippen molar-refractivity contribution in [2.75, 3.05) is 9.80 Å². The van der Waals surface area contributed by atoms with E-state index >= 15 is 0 Å². The van der Waals surface area contributed by atoms with Gasteiger partial charge >= 0.3 is 0 Å². The molecular formula is C20H12N2O6S. The molecule has 2 aliphatic heterocycles. The number of carbonyl (C=O) groups is 4. The first-order valence-electron chi connectivity index (χ1n) is 8.38. The molecule has 0 unspecified atom stereocenters. The summed E-state index contributed by atoms with van der Waals surface area (Å²) in [5.74, 6) is -2.67. The third kappa shape index (κ3) is 2.88. The Morgan fingerprint density at radius 2 is 0.828 bits per heavy atom. The lowest BCUT2D eigenvalue weighted by Gasteiger charge is -2.21. The normalized spacial score (nSPS) is 16.4. The van der Waals surface area contributed by atoms with Gasteiger partial charge in [-0.3, -0.25) is 19.2 Å². The Morgan fingerprint density at radius 1 is 0.517 bits per heavy atom. The SMILES string of the molecule is O=C1C=CC(=O)N1c1ccccc1S(=O)(=O)c1ccccc1N1C(=O)C=CC1=O. The van der Waals surface area contributed by atoms with Crippen molar-refractivity contribution in [3.05, 3.63) is 72.8 Å². The van der Waals surface area contributed by atoms with E-state index in [9.17, 15) is 27.6 Å². The van der Waals surface area contributed by atoms with Gasteiger partial charge in [-0.25, -0.2) is 18.2 Å². The maximum Gasteiger partial charge on any atom is 0.258 e. The molecule has 8 nitrogen and oxygen atoms in total. The molecule has 9 heteroatoms. The fourth-order valence-electron chi connectivity index (χ4n) is 3.13. The fourth-order valence-corrected chi connectivity index (χ4v) is 4.75. The summed E-state index contributed by atoms with van der Waals surface area (Å²) in [5.41, 5.74) is -0.223. The molecule has 4 rings (SSSR count). The summed E-state index contributed by atoms with van der Waals surface area (Å²) in [7, 11) is -4.32. The van der Waals surface area contributed by atoms with E-state index in [1.165, 1.54) is 48.5 Å². The Hall–Kier alpha value is -3.85. The van der Waals surface area contributed by atoms with Gasteiger partial charge in [-0.2, -0.15) is 0 Å². The van der Waals surface area contributed by atoms with Gasteiger partial charge in [-0.15, -0.1) is 0 Å². The van der Waals surface area contributed by atoms with Gasteiger partial charge in [0.05, 0.1) is 21.2 Å². The van der Waals surface area contributed by atoms with Crippen molar-refractivity contribution in [2.24, 2.45) is 0 Å². The smallest absolute Gasteiger partial charge is 0.258 e. The van der Waals surface area contributed by atoms with Crippen LogP contribution in [0.4, 0.5) is 11.4 Å². The van der Waals surface area contributed by atoms with Crippen molar-refractivity contribution in [3.8, 4) is 0 Å². The molecule has 2 aromatic rings. The molecule has 0 spiro atoms. The van der Waals surface area contributed by atoms with Crippen molar-refractivity contribution in [1.82, 2.24) is 0 Å². The Labute approximate surface area is 165 Å². The van der Waals surface area contributed by atoms with Crippen LogP contribution in [0.2, 0.25) is 0 Å². The predicted molar refractivity (Wildman–Crippen MR) is 102 cm³/mol. The van der Waals surface area contributed by atoms with Crippen LogP contribution in [-0.4, -0.2) is 32.0 Å². The second-order valence-corrected chi connectivity index (χ2v) is 8.02. The summed E-state index contributed by atoms with van der Waals surface area (Å²) in [6, 6.07) is 11.1. The van der Waals surface area contributed by atoms with E-state index in [4.69, 9.17) is 0 Å². The molecule has 0 saturated heterocycles. The lowest BCUT2D eigenvalue weighted by Crippen LogP contribution is -2.32. The lowest BCUT2D eigenvalue weighted by molar-refractivity contribution is -0.121. The molecule has 0 aliphatic carbocycles. The number of benzene rings is 2. The lowest BCUT2D eigenvalue weighted by atomic mass is 10.3. The summed E-state index contributed by atoms with van der Waals surface area (Å²) in [5, 5.41) is 0. The predicted octanol–water partition coefficient (Wildman–Crippen LogP) is 1.38. The zero-order valence-corrected chi connectivity index (χ0v) is 15.5. The van der Waals surface area contributed by atoms with Crippen LogP contribution in [0.1, 0.15) is 0 Å². The summed E-state index contributed by atoms with van der Waals surface area (Å²) >= 11 is 0. The number of rotatable bonds is 4. The molecule has 0 N–H and O–H groups in total. The average Bonchev–Trinajstić information content (AvgIpc) is 3.22. The topological polar surface area (TPSA) is 109 Å². The highest BCUT2D eigenvalue weighted by molar-refractivity contribution is 7.91. The van der Waals surface area contributed by atoms with E-state index in [0.717, 1.165) is 34.1 Å². The highest BCUT2D eigenvalue weighted by atomic mass is 32.2. The average molecular weight is 408 g/mol. The van der Waals surface area contributed by atoms with Crippen LogP contribution in [0, 0.1) is 0 Å². The maximum atomic E-state index is 13.5. The molecule has 0 atom stereocenters. The minimum Gasteiger partial charge on any atom is -0.269 e. The van der Waals surface area contributed by atoms with Gasteiger partial charge in [0.1, 0.15) is 0 Å². The van der Waals surface area contributed by atoms with Gasteiger partial charge in [0.2, 0.25) is 9.84 Å². The molecule has 2 aromatic carbocycles. The van der Waals surface area contributed by atoms with E-state index in [2.05, 4.69) is 0 Å². The zero-order valence-electron chi connectivity index (χ0n) is 14.7. The van der Waals surface area contributed by atoms with Gasteiger partial charge < -0.3 is 0 Å². The minimum atomic E-state index is -4.32. The molecule has 0 bridgehead atoms. The van der Waals surface area contributed by atoms with Gasteiger partial charge in [0.25, 0.3) is 23.6 Å². The number of nitrogens with zero attached hydrogens (tertiary/aromatic N) is 2. The number of hydrogen-bond acceptors (Lipinski definition) is 6. The fraction of sp³-hybridized carbons (Fsp3) is 0. The van der Waals surface area contributed by atoms with Crippen molar-refractivity contribution >= 4 is 44.8 Å². The summed E-state index contributed by atoms with van der Waals surface area (Å²) in [4.78, 5) is 49.2. The Morgan fingerprint density at radius 3 is 1.17 bits per heavy atom. The van der Waals surface area contributed by atoms with E-state index < -0.39 is 33.5 Å². The number of amides is 4. The molecule has 0 aromatic heterocycles. The monoisotopic (exact) mass is 408 g/mol. The molecular weight excluding hydrogens is 396 g/mol. The first-order valence-corrected chi connectivity index (χ1v) is 9.86. The number of anilines is 2. The molecule has 0 radical (unpaired) electrons. The summed E-state index contributed by atoms with van der Waals surface area (Å²) in [6.45, 7) is 0. The van der Waals surface area contributed by atoms with Crippen molar-refractivity contribution in [2.45, 2.75) is 9.79 Å². The van der Waals surface area contributed by atoms with E-state index in [-0.39, 0.29) is 21.2 Å². The zero-order chi connectivity index (χ0) is 20.8. The van der Waals surface area contributed by atoms with Crippen molar-refractivity contribution < 1.29 is 27.6 Å². The summed E-state index contributed by atoms with van der Waals surface area (Å²) < 4.78 is 27.0. The van der Waals surface area contributed by atoms with E-state index in [1.54, 1.807) is 0 Å². The van der Waals surface area contributed by atoms with Gasteiger partial charge in [0, 0.05) is 24.3 Å². The van der Waals surface area contributed by atoms with Crippen LogP contribution in [0.15, 0.2) is 82.6 Å². The molecule has 144 valence electrons. The molecule has 0 saturated carbocycles. The number of hydrogen-bond donors (Lipinski definition) is 0. The molecule has 2 aliphatic rings. The van der Waals surface area contributed by atoms with Crippen LogP contribution in [-0.2, 0) is 29.0 Å². The van der Waals surface area contributed by atoms with Crippen LogP contribution < -0.4 is 9.80 Å². The number of carbonyl (C=O) groups excluding carboxylic acids is 4. The Kier molecular flexibility index (Phi) is 4.24. The van der Waals surface area contributed by atoms with E-state index in [0.29, 0.717) is 0 Å². The van der Waals surface area contributed by atoms with E-state index in [1.807, 2.05) is 0 Å². The number of sulfone groups is 1. The molecule has 29 heavy (non-hydrogen) atoms. The van der Waals surface area contributed by atoms with Gasteiger partial charge in [-0.05, 0) is 24.3 Å². The first-order chi connectivity index (χ1) is 13.8. The number of para-hydroxylation sites is 2. The van der Waals surface area contributed by atoms with Crippen LogP contribution >= 0.6 is 0 Å². The van der Waals surface area contributed by atoms with Crippen LogP contribution in [0.5, 0.6) is 0 Å². The highest BCUT2D eigenvalue weighted by Crippen LogP contribution is 2.36. The largest absolute Gasteiger partial charge is 0.269 e. The third-order valence-corrected chi connectivity index (χ3v) is 6.26. The summed E-state index contributed by atoms with van der Waals surface area (Å²) in [6.07, 6.45) is 4.19. The second-order valence-electron chi connectivity index (χ2n) is 6.13. The minimum absolute atomic E-state index is 0.112. The Bertz CT molecular complexity index is 1130. The van der Waals surface area contributed by atoms with Crippen molar-refractivity contribution in [1.29, 1.82) is 0 Å². The third-order valence-electron chi connectivity index (χ3n) is 4.41. The second kappa shape index (κ2) is 6.64. The van der Waals surface area contributed by atoms with Crippen molar-refractivity contribution in [3.63, 3.8) is 0 Å². The molecule has 4 amide bonds.